The van der Waals surface area contributed by atoms with E-state index in [2.05, 4.69) is 5.32 Å². The van der Waals surface area contributed by atoms with Gasteiger partial charge in [-0.05, 0) is 35.7 Å². The highest BCUT2D eigenvalue weighted by atomic mass is 35.5. The maximum atomic E-state index is 12.1. The highest BCUT2D eigenvalue weighted by Gasteiger charge is 2.20. The first-order valence-electron chi connectivity index (χ1n) is 7.41. The van der Waals surface area contributed by atoms with Crippen LogP contribution in [0.1, 0.15) is 15.9 Å². The number of fused-ring (bicyclic) bond motifs is 1. The summed E-state index contributed by atoms with van der Waals surface area (Å²) < 4.78 is 10.5. The molecule has 1 aliphatic heterocycles. The van der Waals surface area contributed by atoms with Crippen LogP contribution < -0.4 is 15.8 Å². The van der Waals surface area contributed by atoms with Gasteiger partial charge in [0.15, 0.2) is 6.61 Å². The molecule has 3 N–H and O–H groups in total. The van der Waals surface area contributed by atoms with E-state index < -0.39 is 24.4 Å². The number of ether oxygens (including phenoxy) is 2. The molecule has 0 aliphatic carbocycles. The Kier molecular flexibility index (Phi) is 5.24. The summed E-state index contributed by atoms with van der Waals surface area (Å²) >= 11 is 7.07. The van der Waals surface area contributed by atoms with Crippen LogP contribution in [0.15, 0.2) is 35.2 Å². The molecule has 0 saturated heterocycles. The predicted molar refractivity (Wildman–Crippen MR) is 97.3 cm³/mol. The average Bonchev–Trinajstić information content (AvgIpc) is 3.07. The first-order valence-corrected chi connectivity index (χ1v) is 8.67. The van der Waals surface area contributed by atoms with Gasteiger partial charge in [-0.1, -0.05) is 11.6 Å². The van der Waals surface area contributed by atoms with Crippen LogP contribution in [0, 0.1) is 0 Å². The SMILES string of the molecule is NC(=O)c1ccsc1NC(=O)COC(=O)C1=Cc2cc(Cl)ccc2OC1. The number of thiophene rings is 1. The van der Waals surface area contributed by atoms with Crippen LogP contribution in [0.5, 0.6) is 5.75 Å². The molecule has 1 aliphatic rings. The van der Waals surface area contributed by atoms with Crippen molar-refractivity contribution in [2.45, 2.75) is 0 Å². The van der Waals surface area contributed by atoms with Gasteiger partial charge in [-0.3, -0.25) is 9.59 Å². The lowest BCUT2D eigenvalue weighted by atomic mass is 10.1. The molecule has 0 atom stereocenters. The van der Waals surface area contributed by atoms with Crippen LogP contribution >= 0.6 is 22.9 Å². The summed E-state index contributed by atoms with van der Waals surface area (Å²) in [6.07, 6.45) is 1.61. The monoisotopic (exact) mass is 392 g/mol. The molecule has 1 aromatic carbocycles. The van der Waals surface area contributed by atoms with Gasteiger partial charge in [0.2, 0.25) is 0 Å². The molecule has 2 amide bonds. The second kappa shape index (κ2) is 7.59. The molecule has 134 valence electrons. The van der Waals surface area contributed by atoms with E-state index in [-0.39, 0.29) is 17.7 Å². The van der Waals surface area contributed by atoms with Crippen molar-refractivity contribution in [1.82, 2.24) is 0 Å². The maximum absolute atomic E-state index is 12.1. The predicted octanol–water partition coefficient (Wildman–Crippen LogP) is 2.46. The number of hydrogen-bond donors (Lipinski definition) is 2. The smallest absolute Gasteiger partial charge is 0.338 e. The number of anilines is 1. The van der Waals surface area contributed by atoms with Crippen molar-refractivity contribution < 1.29 is 23.9 Å². The van der Waals surface area contributed by atoms with Gasteiger partial charge in [0.25, 0.3) is 11.8 Å². The lowest BCUT2D eigenvalue weighted by Gasteiger charge is -2.17. The highest BCUT2D eigenvalue weighted by Crippen LogP contribution is 2.29. The summed E-state index contributed by atoms with van der Waals surface area (Å²) in [6, 6.07) is 6.56. The molecule has 7 nitrogen and oxygen atoms in total. The molecular formula is C17H13ClN2O5S. The average molecular weight is 393 g/mol. The van der Waals surface area contributed by atoms with Gasteiger partial charge in [-0.2, -0.15) is 0 Å². The summed E-state index contributed by atoms with van der Waals surface area (Å²) in [7, 11) is 0. The van der Waals surface area contributed by atoms with Crippen molar-refractivity contribution >= 4 is 51.8 Å². The van der Waals surface area contributed by atoms with Crippen LogP contribution in [0.25, 0.3) is 6.08 Å². The molecule has 0 unspecified atom stereocenters. The molecule has 1 aromatic heterocycles. The Balaban J connectivity index is 1.59. The zero-order valence-electron chi connectivity index (χ0n) is 13.3. The number of primary amides is 1. The number of halogens is 1. The van der Waals surface area contributed by atoms with Crippen molar-refractivity contribution in [2.24, 2.45) is 5.73 Å². The van der Waals surface area contributed by atoms with Crippen molar-refractivity contribution in [1.29, 1.82) is 0 Å². The fourth-order valence-corrected chi connectivity index (χ4v) is 3.24. The topological polar surface area (TPSA) is 108 Å². The Morgan fingerprint density at radius 1 is 1.31 bits per heavy atom. The van der Waals surface area contributed by atoms with Gasteiger partial charge in [-0.15, -0.1) is 11.3 Å². The molecule has 0 radical (unpaired) electrons. The normalized spacial score (nSPS) is 12.4. The van der Waals surface area contributed by atoms with E-state index in [1.165, 1.54) is 6.07 Å². The van der Waals surface area contributed by atoms with Gasteiger partial charge >= 0.3 is 5.97 Å². The lowest BCUT2D eigenvalue weighted by molar-refractivity contribution is -0.143. The van der Waals surface area contributed by atoms with Crippen molar-refractivity contribution in [3.8, 4) is 5.75 Å². The number of carbonyl (C=O) groups excluding carboxylic acids is 3. The van der Waals surface area contributed by atoms with Gasteiger partial charge in [0, 0.05) is 10.6 Å². The van der Waals surface area contributed by atoms with Crippen molar-refractivity contribution in [3.63, 3.8) is 0 Å². The molecule has 9 heteroatoms. The van der Waals surface area contributed by atoms with E-state index in [4.69, 9.17) is 26.8 Å². The second-order valence-electron chi connectivity index (χ2n) is 5.29. The number of carbonyl (C=O) groups is 3. The van der Waals surface area contributed by atoms with Crippen LogP contribution in [0.4, 0.5) is 5.00 Å². The standard InChI is InChI=1S/C17H13ClN2O5S/c18-11-1-2-13-9(6-11)5-10(7-24-13)17(23)25-8-14(21)20-16-12(15(19)22)3-4-26-16/h1-6H,7-8H2,(H2,19,22)(H,20,21). The summed E-state index contributed by atoms with van der Waals surface area (Å²) in [5, 5.41) is 4.93. The number of benzene rings is 1. The third-order valence-electron chi connectivity index (χ3n) is 3.46. The number of hydrogen-bond acceptors (Lipinski definition) is 6. The zero-order valence-corrected chi connectivity index (χ0v) is 14.9. The van der Waals surface area contributed by atoms with Crippen molar-refractivity contribution in [3.05, 3.63) is 51.4 Å². The molecule has 0 fully saturated rings. The largest absolute Gasteiger partial charge is 0.488 e. The fourth-order valence-electron chi connectivity index (χ4n) is 2.25. The molecule has 0 saturated carbocycles. The van der Waals surface area contributed by atoms with Gasteiger partial charge < -0.3 is 20.5 Å². The van der Waals surface area contributed by atoms with Crippen LogP contribution in [-0.4, -0.2) is 31.0 Å². The number of esters is 1. The molecule has 2 aromatic rings. The highest BCUT2D eigenvalue weighted by molar-refractivity contribution is 7.14. The van der Waals surface area contributed by atoms with Crippen molar-refractivity contribution in [2.75, 3.05) is 18.5 Å². The zero-order chi connectivity index (χ0) is 18.7. The van der Waals surface area contributed by atoms with Gasteiger partial charge in [0.05, 0.1) is 11.1 Å². The Morgan fingerprint density at radius 2 is 2.12 bits per heavy atom. The molecule has 3 rings (SSSR count). The minimum absolute atomic E-state index is 0.0336. The quantitative estimate of drug-likeness (QED) is 0.760. The summed E-state index contributed by atoms with van der Waals surface area (Å²) in [4.78, 5) is 35.3. The molecule has 0 spiro atoms. The van der Waals surface area contributed by atoms with E-state index in [1.54, 1.807) is 29.7 Å². The van der Waals surface area contributed by atoms with Crippen LogP contribution in [0.2, 0.25) is 5.02 Å². The summed E-state index contributed by atoms with van der Waals surface area (Å²) in [5.41, 5.74) is 6.33. The maximum Gasteiger partial charge on any atom is 0.338 e. The van der Waals surface area contributed by atoms with Crippen LogP contribution in [-0.2, 0) is 14.3 Å². The van der Waals surface area contributed by atoms with E-state index >= 15 is 0 Å². The minimum atomic E-state index is -0.674. The fraction of sp³-hybridized carbons (Fsp3) is 0.118. The van der Waals surface area contributed by atoms with E-state index in [0.29, 0.717) is 21.3 Å². The van der Waals surface area contributed by atoms with E-state index in [9.17, 15) is 14.4 Å². The third-order valence-corrected chi connectivity index (χ3v) is 4.53. The Hall–Kier alpha value is -2.84. The number of amides is 2. The number of nitrogens with two attached hydrogens (primary N) is 1. The Labute approximate surface area is 157 Å². The summed E-state index contributed by atoms with van der Waals surface area (Å²) in [5.74, 6) is -1.29. The molecule has 0 bridgehead atoms. The first-order chi connectivity index (χ1) is 12.4. The molecule has 26 heavy (non-hydrogen) atoms. The van der Waals surface area contributed by atoms with E-state index in [1.807, 2.05) is 0 Å². The minimum Gasteiger partial charge on any atom is -0.488 e. The Bertz CT molecular complexity index is 922. The summed E-state index contributed by atoms with van der Waals surface area (Å²) in [6.45, 7) is -0.472. The van der Waals surface area contributed by atoms with Crippen LogP contribution in [0.3, 0.4) is 0 Å². The molecule has 2 heterocycles. The van der Waals surface area contributed by atoms with Gasteiger partial charge in [0.1, 0.15) is 17.4 Å². The Morgan fingerprint density at radius 3 is 2.88 bits per heavy atom. The van der Waals surface area contributed by atoms with E-state index in [0.717, 1.165) is 11.3 Å². The second-order valence-corrected chi connectivity index (χ2v) is 6.64. The number of rotatable bonds is 5. The third kappa shape index (κ3) is 4.04. The number of nitrogens with one attached hydrogen (secondary N) is 1. The molecular weight excluding hydrogens is 380 g/mol. The lowest BCUT2D eigenvalue weighted by Crippen LogP contribution is -2.24. The van der Waals surface area contributed by atoms with Gasteiger partial charge in [-0.25, -0.2) is 4.79 Å². The first kappa shape index (κ1) is 18.0.